The molecule has 2 nitrogen and oxygen atoms in total. The van der Waals surface area contributed by atoms with E-state index in [9.17, 15) is 4.79 Å². The number of hydrogen-bond donors (Lipinski definition) is 0. The minimum absolute atomic E-state index is 0.196. The monoisotopic (exact) mass is 314 g/mol. The van der Waals surface area contributed by atoms with E-state index in [1.54, 1.807) is 0 Å². The molecule has 0 saturated carbocycles. The molecule has 0 saturated heterocycles. The number of carbonyl (C=O) groups excluding carboxylic acids is 1. The first kappa shape index (κ1) is 17.2. The Labute approximate surface area is 119 Å². The van der Waals surface area contributed by atoms with Crippen molar-refractivity contribution in [2.45, 2.75) is 46.5 Å². The zero-order chi connectivity index (χ0) is 14.0. The van der Waals surface area contributed by atoms with Crippen LogP contribution in [0.2, 0.25) is 0 Å². The van der Waals surface area contributed by atoms with Crippen molar-refractivity contribution in [3.63, 3.8) is 0 Å². The Bertz CT molecular complexity index is 340. The van der Waals surface area contributed by atoms with Gasteiger partial charge < -0.3 is 4.74 Å². The van der Waals surface area contributed by atoms with Gasteiger partial charge in [0.1, 0.15) is 5.76 Å². The molecule has 102 valence electrons. The third-order valence-electron chi connectivity index (χ3n) is 2.59. The second-order valence-electron chi connectivity index (χ2n) is 4.12. The normalized spacial score (nSPS) is 12.4. The van der Waals surface area contributed by atoms with Crippen LogP contribution in [0.1, 0.15) is 46.5 Å². The maximum Gasteiger partial charge on any atom is 0.311 e. The summed E-state index contributed by atoms with van der Waals surface area (Å²) in [5, 5.41) is 0.810. The third-order valence-corrected chi connectivity index (χ3v) is 3.15. The predicted molar refractivity (Wildman–Crippen MR) is 80.7 cm³/mol. The van der Waals surface area contributed by atoms with Crippen molar-refractivity contribution < 1.29 is 9.53 Å². The van der Waals surface area contributed by atoms with Gasteiger partial charge in [0.15, 0.2) is 0 Å². The van der Waals surface area contributed by atoms with E-state index in [1.165, 1.54) is 5.57 Å². The molecular weight excluding hydrogens is 292 g/mol. The molecule has 0 atom stereocenters. The molecule has 0 aliphatic rings. The fourth-order valence-electron chi connectivity index (χ4n) is 1.12. The van der Waals surface area contributed by atoms with Crippen LogP contribution in [0, 0.1) is 0 Å². The van der Waals surface area contributed by atoms with Crippen molar-refractivity contribution in [3.8, 4) is 0 Å². The Morgan fingerprint density at radius 1 is 1.28 bits per heavy atom. The maximum absolute atomic E-state index is 11.6. The minimum atomic E-state index is -0.196. The predicted octanol–water partition coefficient (Wildman–Crippen LogP) is 4.91. The average molecular weight is 315 g/mol. The zero-order valence-electron chi connectivity index (χ0n) is 11.6. The van der Waals surface area contributed by atoms with E-state index in [1.807, 2.05) is 19.1 Å². The highest BCUT2D eigenvalue weighted by Crippen LogP contribution is 2.15. The highest BCUT2D eigenvalue weighted by molar-refractivity contribution is 9.09. The molecule has 0 aliphatic carbocycles. The van der Waals surface area contributed by atoms with Gasteiger partial charge in [-0.05, 0) is 37.8 Å². The molecule has 0 spiro atoms. The van der Waals surface area contributed by atoms with E-state index in [2.05, 4.69) is 36.4 Å². The van der Waals surface area contributed by atoms with Crippen LogP contribution in [0.3, 0.4) is 0 Å². The van der Waals surface area contributed by atoms with Crippen LogP contribution in [0.15, 0.2) is 35.6 Å². The number of halogens is 1. The summed E-state index contributed by atoms with van der Waals surface area (Å²) < 4.78 is 5.36. The van der Waals surface area contributed by atoms with Gasteiger partial charge in [0, 0.05) is 11.8 Å². The number of hydrogen-bond acceptors (Lipinski definition) is 2. The van der Waals surface area contributed by atoms with Crippen LogP contribution >= 0.6 is 15.9 Å². The lowest BCUT2D eigenvalue weighted by Crippen LogP contribution is -2.05. The van der Waals surface area contributed by atoms with Gasteiger partial charge >= 0.3 is 5.97 Å². The maximum atomic E-state index is 11.6. The Hall–Kier alpha value is -0.830. The molecule has 0 rings (SSSR count). The summed E-state index contributed by atoms with van der Waals surface area (Å²) in [7, 11) is 0. The van der Waals surface area contributed by atoms with Crippen LogP contribution in [-0.4, -0.2) is 11.3 Å². The summed E-state index contributed by atoms with van der Waals surface area (Å²) >= 11 is 3.30. The Morgan fingerprint density at radius 2 is 1.94 bits per heavy atom. The molecule has 0 unspecified atom stereocenters. The van der Waals surface area contributed by atoms with Gasteiger partial charge in [0.25, 0.3) is 0 Å². The van der Waals surface area contributed by atoms with Gasteiger partial charge in [-0.1, -0.05) is 48.0 Å². The molecule has 18 heavy (non-hydrogen) atoms. The van der Waals surface area contributed by atoms with Crippen molar-refractivity contribution in [2.75, 3.05) is 5.33 Å². The largest absolute Gasteiger partial charge is 0.426 e. The van der Waals surface area contributed by atoms with E-state index < -0.39 is 0 Å². The highest BCUT2D eigenvalue weighted by atomic mass is 79.9. The molecule has 0 bridgehead atoms. The van der Waals surface area contributed by atoms with Gasteiger partial charge in [0.2, 0.25) is 0 Å². The number of esters is 1. The number of ether oxygens (including phenoxy) is 1. The molecular formula is C15H23BrO2. The SMILES string of the molecule is C=C(CC)/C(=C\C=C(/C)CC)OC(=O)CCCBr. The Kier molecular flexibility index (Phi) is 9.66. The lowest BCUT2D eigenvalue weighted by Gasteiger charge is -2.09. The molecule has 0 aliphatic heterocycles. The molecule has 0 radical (unpaired) electrons. The second-order valence-corrected chi connectivity index (χ2v) is 4.91. The topological polar surface area (TPSA) is 26.3 Å². The number of rotatable bonds is 8. The first-order valence-electron chi connectivity index (χ1n) is 6.37. The first-order chi connectivity index (χ1) is 8.54. The van der Waals surface area contributed by atoms with E-state index in [0.717, 1.165) is 30.2 Å². The van der Waals surface area contributed by atoms with E-state index in [0.29, 0.717) is 12.2 Å². The molecule has 0 fully saturated rings. The van der Waals surface area contributed by atoms with Gasteiger partial charge in [0.05, 0.1) is 0 Å². The van der Waals surface area contributed by atoms with E-state index in [4.69, 9.17) is 4.74 Å². The highest BCUT2D eigenvalue weighted by Gasteiger charge is 2.08. The smallest absolute Gasteiger partial charge is 0.311 e. The molecule has 0 heterocycles. The van der Waals surface area contributed by atoms with Crippen LogP contribution in [0.5, 0.6) is 0 Å². The van der Waals surface area contributed by atoms with Crippen molar-refractivity contribution in [1.29, 1.82) is 0 Å². The second kappa shape index (κ2) is 10.1. The quantitative estimate of drug-likeness (QED) is 0.275. The summed E-state index contributed by atoms with van der Waals surface area (Å²) in [5.74, 6) is 0.391. The van der Waals surface area contributed by atoms with Gasteiger partial charge in [-0.15, -0.1) is 0 Å². The molecule has 0 amide bonds. The molecule has 3 heteroatoms. The summed E-state index contributed by atoms with van der Waals surface area (Å²) in [4.78, 5) is 11.6. The lowest BCUT2D eigenvalue weighted by atomic mass is 10.1. The standard InChI is InChI=1S/C15H23BrO2/c1-5-12(3)9-10-14(13(4)6-2)18-15(17)8-7-11-16/h9-10H,4-8,11H2,1-3H3/b12-9+,14-10+. The summed E-state index contributed by atoms with van der Waals surface area (Å²) in [5.41, 5.74) is 2.09. The fourth-order valence-corrected chi connectivity index (χ4v) is 1.40. The van der Waals surface area contributed by atoms with Gasteiger partial charge in [-0.2, -0.15) is 0 Å². The third kappa shape index (κ3) is 7.49. The van der Waals surface area contributed by atoms with Crippen LogP contribution in [0.4, 0.5) is 0 Å². The fraction of sp³-hybridized carbons (Fsp3) is 0.533. The molecule has 0 aromatic heterocycles. The molecule has 0 aromatic rings. The zero-order valence-corrected chi connectivity index (χ0v) is 13.2. The summed E-state index contributed by atoms with van der Waals surface area (Å²) in [6.45, 7) is 10.1. The van der Waals surface area contributed by atoms with Gasteiger partial charge in [-0.3, -0.25) is 4.79 Å². The van der Waals surface area contributed by atoms with Crippen LogP contribution in [0.25, 0.3) is 0 Å². The lowest BCUT2D eigenvalue weighted by molar-refractivity contribution is -0.139. The van der Waals surface area contributed by atoms with Crippen molar-refractivity contribution >= 4 is 21.9 Å². The molecule has 0 aromatic carbocycles. The van der Waals surface area contributed by atoms with Crippen LogP contribution in [-0.2, 0) is 9.53 Å². The van der Waals surface area contributed by atoms with Crippen molar-refractivity contribution in [3.05, 3.63) is 35.6 Å². The Balaban J connectivity index is 4.70. The number of carbonyl (C=O) groups is 1. The van der Waals surface area contributed by atoms with E-state index in [-0.39, 0.29) is 5.97 Å². The number of alkyl halides is 1. The van der Waals surface area contributed by atoms with Crippen molar-refractivity contribution in [1.82, 2.24) is 0 Å². The minimum Gasteiger partial charge on any atom is -0.426 e. The van der Waals surface area contributed by atoms with Crippen LogP contribution < -0.4 is 0 Å². The summed E-state index contributed by atoms with van der Waals surface area (Å²) in [6, 6.07) is 0. The summed E-state index contributed by atoms with van der Waals surface area (Å²) in [6.07, 6.45) is 6.80. The Morgan fingerprint density at radius 3 is 2.44 bits per heavy atom. The first-order valence-corrected chi connectivity index (χ1v) is 7.49. The molecule has 0 N–H and O–H groups in total. The van der Waals surface area contributed by atoms with Gasteiger partial charge in [-0.25, -0.2) is 0 Å². The van der Waals surface area contributed by atoms with Crippen molar-refractivity contribution in [2.24, 2.45) is 0 Å². The average Bonchev–Trinajstić information content (AvgIpc) is 2.39. The number of allylic oxidation sites excluding steroid dienone is 4. The van der Waals surface area contributed by atoms with E-state index >= 15 is 0 Å².